The summed E-state index contributed by atoms with van der Waals surface area (Å²) in [6, 6.07) is 6.84. The second-order valence-electron chi connectivity index (χ2n) is 4.87. The molecule has 1 aliphatic rings. The molecule has 20 heavy (non-hydrogen) atoms. The average Bonchev–Trinajstić information content (AvgIpc) is 2.51. The van der Waals surface area contributed by atoms with Gasteiger partial charge in [0.05, 0.1) is 12.4 Å². The Kier molecular flexibility index (Phi) is 3.78. The van der Waals surface area contributed by atoms with Crippen molar-refractivity contribution in [3.05, 3.63) is 42.5 Å². The van der Waals surface area contributed by atoms with E-state index in [0.717, 1.165) is 31.8 Å². The number of ether oxygens (including phenoxy) is 1. The molecule has 0 aliphatic carbocycles. The Morgan fingerprint density at radius 2 is 1.80 bits per heavy atom. The molecule has 1 aromatic heterocycles. The summed E-state index contributed by atoms with van der Waals surface area (Å²) < 4.78 is 5.56. The summed E-state index contributed by atoms with van der Waals surface area (Å²) >= 11 is 0. The van der Waals surface area contributed by atoms with Crippen LogP contribution in [-0.4, -0.2) is 28.2 Å². The fraction of sp³-hybridized carbons (Fsp3) is 0.333. The maximum atomic E-state index is 9.66. The number of hydrogen-bond acceptors (Lipinski definition) is 5. The molecule has 0 bridgehead atoms. The number of phenolic OH excluding ortho intramolecular Hbond substituents is 1. The maximum absolute atomic E-state index is 9.66. The fourth-order valence-corrected chi connectivity index (χ4v) is 2.34. The highest BCUT2D eigenvalue weighted by atomic mass is 16.5. The topological polar surface area (TPSA) is 67.3 Å². The number of aromatic hydroxyl groups is 1. The largest absolute Gasteiger partial charge is 0.504 e. The van der Waals surface area contributed by atoms with Crippen LogP contribution in [0.1, 0.15) is 24.6 Å². The molecule has 1 saturated heterocycles. The number of para-hydroxylation sites is 2. The van der Waals surface area contributed by atoms with Crippen molar-refractivity contribution in [3.8, 4) is 17.2 Å². The van der Waals surface area contributed by atoms with Gasteiger partial charge in [-0.3, -0.25) is 0 Å². The molecular formula is C15H17N3O2. The lowest BCUT2D eigenvalue weighted by atomic mass is 9.97. The lowest BCUT2D eigenvalue weighted by Crippen LogP contribution is -2.27. The quantitative estimate of drug-likeness (QED) is 0.897. The Labute approximate surface area is 117 Å². The third-order valence-electron chi connectivity index (χ3n) is 3.45. The van der Waals surface area contributed by atoms with E-state index in [2.05, 4.69) is 15.3 Å². The van der Waals surface area contributed by atoms with Crippen LogP contribution in [0.3, 0.4) is 0 Å². The van der Waals surface area contributed by atoms with Gasteiger partial charge in [0.2, 0.25) is 0 Å². The van der Waals surface area contributed by atoms with Gasteiger partial charge in [0.25, 0.3) is 0 Å². The molecule has 0 saturated carbocycles. The third kappa shape index (κ3) is 2.88. The van der Waals surface area contributed by atoms with Crippen molar-refractivity contribution in [3.63, 3.8) is 0 Å². The van der Waals surface area contributed by atoms with Gasteiger partial charge in [0.15, 0.2) is 17.2 Å². The summed E-state index contributed by atoms with van der Waals surface area (Å²) in [5, 5.41) is 13.0. The Balaban J connectivity index is 1.71. The Hall–Kier alpha value is -2.14. The molecule has 5 nitrogen and oxygen atoms in total. The summed E-state index contributed by atoms with van der Waals surface area (Å²) in [5.41, 5.74) is 0. The van der Waals surface area contributed by atoms with Crippen molar-refractivity contribution >= 4 is 0 Å². The zero-order chi connectivity index (χ0) is 13.8. The van der Waals surface area contributed by atoms with Crippen LogP contribution in [0.4, 0.5) is 0 Å². The third-order valence-corrected chi connectivity index (χ3v) is 3.45. The van der Waals surface area contributed by atoms with Gasteiger partial charge in [0.1, 0.15) is 5.82 Å². The van der Waals surface area contributed by atoms with E-state index in [0.29, 0.717) is 17.4 Å². The molecule has 0 spiro atoms. The highest BCUT2D eigenvalue weighted by Crippen LogP contribution is 2.30. The number of benzene rings is 1. The fourth-order valence-electron chi connectivity index (χ4n) is 2.34. The van der Waals surface area contributed by atoms with Gasteiger partial charge in [-0.15, -0.1) is 0 Å². The minimum atomic E-state index is 0.106. The van der Waals surface area contributed by atoms with E-state index in [1.54, 1.807) is 36.7 Å². The van der Waals surface area contributed by atoms with Crippen molar-refractivity contribution in [2.24, 2.45) is 0 Å². The van der Waals surface area contributed by atoms with Crippen LogP contribution >= 0.6 is 0 Å². The predicted octanol–water partition coefficient (Wildman–Crippen LogP) is 2.44. The van der Waals surface area contributed by atoms with E-state index in [1.165, 1.54) is 0 Å². The van der Waals surface area contributed by atoms with Crippen molar-refractivity contribution in [1.29, 1.82) is 0 Å². The molecule has 1 aromatic carbocycles. The van der Waals surface area contributed by atoms with Gasteiger partial charge in [-0.25, -0.2) is 9.97 Å². The van der Waals surface area contributed by atoms with Crippen molar-refractivity contribution in [2.45, 2.75) is 18.8 Å². The molecule has 3 rings (SSSR count). The van der Waals surface area contributed by atoms with Gasteiger partial charge in [-0.05, 0) is 38.1 Å². The molecule has 0 unspecified atom stereocenters. The zero-order valence-corrected chi connectivity index (χ0v) is 11.1. The van der Waals surface area contributed by atoms with Crippen molar-refractivity contribution < 1.29 is 9.84 Å². The van der Waals surface area contributed by atoms with Gasteiger partial charge in [-0.2, -0.15) is 0 Å². The molecule has 0 atom stereocenters. The number of hydrogen-bond donors (Lipinski definition) is 2. The summed E-state index contributed by atoms with van der Waals surface area (Å²) in [4.78, 5) is 8.77. The van der Waals surface area contributed by atoms with Crippen LogP contribution in [0, 0.1) is 0 Å². The number of aromatic nitrogens is 2. The van der Waals surface area contributed by atoms with Gasteiger partial charge in [0, 0.05) is 5.92 Å². The Morgan fingerprint density at radius 3 is 2.50 bits per heavy atom. The molecular weight excluding hydrogens is 254 g/mol. The van der Waals surface area contributed by atoms with Crippen LogP contribution in [-0.2, 0) is 0 Å². The van der Waals surface area contributed by atoms with E-state index in [9.17, 15) is 5.11 Å². The number of rotatable bonds is 3. The monoisotopic (exact) mass is 271 g/mol. The second-order valence-corrected chi connectivity index (χ2v) is 4.87. The van der Waals surface area contributed by atoms with E-state index in [4.69, 9.17) is 4.74 Å². The number of nitrogens with one attached hydrogen (secondary N) is 1. The first-order valence-corrected chi connectivity index (χ1v) is 6.81. The van der Waals surface area contributed by atoms with E-state index in [-0.39, 0.29) is 5.75 Å². The highest BCUT2D eigenvalue weighted by molar-refractivity contribution is 5.40. The van der Waals surface area contributed by atoms with Gasteiger partial charge >= 0.3 is 0 Å². The van der Waals surface area contributed by atoms with Crippen LogP contribution in [0.5, 0.6) is 17.2 Å². The molecule has 1 aliphatic heterocycles. The van der Waals surface area contributed by atoms with Gasteiger partial charge in [-0.1, -0.05) is 12.1 Å². The predicted molar refractivity (Wildman–Crippen MR) is 75.1 cm³/mol. The zero-order valence-electron chi connectivity index (χ0n) is 11.1. The van der Waals surface area contributed by atoms with Crippen molar-refractivity contribution in [1.82, 2.24) is 15.3 Å². The minimum Gasteiger partial charge on any atom is -0.504 e. The molecule has 2 N–H and O–H groups in total. The van der Waals surface area contributed by atoms with Gasteiger partial charge < -0.3 is 15.2 Å². The number of nitrogens with zero attached hydrogens (tertiary/aromatic N) is 2. The normalized spacial score (nSPS) is 16.0. The number of phenols is 1. The standard InChI is InChI=1S/C15H17N3O2/c19-13-3-1-2-4-14(13)20-12-9-17-15(18-10-12)11-5-7-16-8-6-11/h1-4,9-11,16,19H,5-8H2. The molecule has 0 radical (unpaired) electrons. The van der Waals surface area contributed by atoms with Crippen LogP contribution in [0.15, 0.2) is 36.7 Å². The maximum Gasteiger partial charge on any atom is 0.169 e. The van der Waals surface area contributed by atoms with Crippen LogP contribution in [0.2, 0.25) is 0 Å². The van der Waals surface area contributed by atoms with Crippen molar-refractivity contribution in [2.75, 3.05) is 13.1 Å². The summed E-state index contributed by atoms with van der Waals surface area (Å²) in [6.07, 6.45) is 5.47. The van der Waals surface area contributed by atoms with Crippen LogP contribution in [0.25, 0.3) is 0 Å². The first-order chi connectivity index (χ1) is 9.83. The average molecular weight is 271 g/mol. The minimum absolute atomic E-state index is 0.106. The first-order valence-electron chi connectivity index (χ1n) is 6.81. The summed E-state index contributed by atoms with van der Waals surface area (Å²) in [5.74, 6) is 2.34. The first kappa shape index (κ1) is 12.9. The molecule has 0 amide bonds. The molecule has 5 heteroatoms. The Bertz CT molecular complexity index is 566. The summed E-state index contributed by atoms with van der Waals surface area (Å²) in [6.45, 7) is 2.04. The molecule has 1 fully saturated rings. The second kappa shape index (κ2) is 5.88. The molecule has 2 heterocycles. The summed E-state index contributed by atoms with van der Waals surface area (Å²) in [7, 11) is 0. The van der Waals surface area contributed by atoms with Crippen LogP contribution < -0.4 is 10.1 Å². The molecule has 104 valence electrons. The van der Waals surface area contributed by atoms with E-state index >= 15 is 0 Å². The SMILES string of the molecule is Oc1ccccc1Oc1cnc(C2CCNCC2)nc1. The number of piperidine rings is 1. The lowest BCUT2D eigenvalue weighted by molar-refractivity contribution is 0.406. The van der Waals surface area contributed by atoms with E-state index in [1.807, 2.05) is 0 Å². The smallest absolute Gasteiger partial charge is 0.169 e. The lowest BCUT2D eigenvalue weighted by Gasteiger charge is -2.21. The highest BCUT2D eigenvalue weighted by Gasteiger charge is 2.17. The van der Waals surface area contributed by atoms with E-state index < -0.39 is 0 Å². The Morgan fingerprint density at radius 1 is 1.10 bits per heavy atom. The molecule has 2 aromatic rings.